The summed E-state index contributed by atoms with van der Waals surface area (Å²) in [5.74, 6) is 0. The van der Waals surface area contributed by atoms with Crippen molar-refractivity contribution in [2.45, 2.75) is 31.8 Å². The number of hydrogen-bond donors (Lipinski definition) is 1. The summed E-state index contributed by atoms with van der Waals surface area (Å²) in [6, 6.07) is 1.51. The minimum Gasteiger partial charge on any atom is -0.390 e. The van der Waals surface area contributed by atoms with Crippen molar-refractivity contribution >= 4 is 15.7 Å². The third kappa shape index (κ3) is 2.19. The Balaban J connectivity index is 2.63. The first-order valence-corrected chi connectivity index (χ1v) is 7.53. The van der Waals surface area contributed by atoms with Crippen molar-refractivity contribution < 1.29 is 18.4 Å². The highest BCUT2D eigenvalue weighted by molar-refractivity contribution is 7.89. The van der Waals surface area contributed by atoms with Crippen LogP contribution in [0, 0.1) is 30.9 Å². The third-order valence-corrected chi connectivity index (χ3v) is 5.59. The lowest BCUT2D eigenvalue weighted by molar-refractivity contribution is -0.386. The smallest absolute Gasteiger partial charge is 0.276 e. The van der Waals surface area contributed by atoms with Crippen LogP contribution in [0.5, 0.6) is 0 Å². The van der Waals surface area contributed by atoms with Gasteiger partial charge in [-0.25, -0.2) is 8.42 Å². The fourth-order valence-corrected chi connectivity index (χ4v) is 4.52. The van der Waals surface area contributed by atoms with Crippen molar-refractivity contribution in [3.63, 3.8) is 0 Å². The predicted molar refractivity (Wildman–Crippen MR) is 72.1 cm³/mol. The summed E-state index contributed by atoms with van der Waals surface area (Å²) in [5.41, 5.74) is 0.892. The summed E-state index contributed by atoms with van der Waals surface area (Å²) in [7, 11) is -3.80. The van der Waals surface area contributed by atoms with Crippen LogP contribution in [-0.4, -0.2) is 41.9 Å². The minimum atomic E-state index is -3.80. The zero-order valence-electron chi connectivity index (χ0n) is 11.5. The molecule has 1 aromatic rings. The molecule has 1 saturated heterocycles. The van der Waals surface area contributed by atoms with E-state index in [1.807, 2.05) is 0 Å². The minimum absolute atomic E-state index is 0.0262. The van der Waals surface area contributed by atoms with E-state index in [0.29, 0.717) is 11.1 Å². The van der Waals surface area contributed by atoms with E-state index in [2.05, 4.69) is 0 Å². The molecule has 7 nitrogen and oxygen atoms in total. The van der Waals surface area contributed by atoms with Crippen LogP contribution in [0.4, 0.5) is 5.69 Å². The monoisotopic (exact) mass is 300 g/mol. The maximum absolute atomic E-state index is 12.5. The summed E-state index contributed by atoms with van der Waals surface area (Å²) in [5, 5.41) is 20.3. The SMILES string of the molecule is Cc1cc(C)c(S(=O)(=O)N2CC(O)C2)c(C)c1[N+](=O)[O-]. The van der Waals surface area contributed by atoms with E-state index in [9.17, 15) is 23.6 Å². The van der Waals surface area contributed by atoms with Gasteiger partial charge in [0.05, 0.1) is 15.9 Å². The van der Waals surface area contributed by atoms with E-state index in [0.717, 1.165) is 4.31 Å². The number of rotatable bonds is 3. The van der Waals surface area contributed by atoms with E-state index >= 15 is 0 Å². The largest absolute Gasteiger partial charge is 0.390 e. The first kappa shape index (κ1) is 14.9. The standard InChI is InChI=1S/C12H16N2O5S/c1-7-4-8(2)12(9(3)11(7)14(16)17)20(18,19)13-5-10(15)6-13/h4,10,15H,5-6H2,1-3H3. The fourth-order valence-electron chi connectivity index (χ4n) is 2.58. The van der Waals surface area contributed by atoms with Gasteiger partial charge < -0.3 is 5.11 Å². The van der Waals surface area contributed by atoms with E-state index in [4.69, 9.17) is 0 Å². The molecule has 2 rings (SSSR count). The second-order valence-corrected chi connectivity index (χ2v) is 6.92. The van der Waals surface area contributed by atoms with Gasteiger partial charge in [-0.3, -0.25) is 10.1 Å². The van der Waals surface area contributed by atoms with Gasteiger partial charge in [0.25, 0.3) is 5.69 Å². The van der Waals surface area contributed by atoms with Crippen LogP contribution in [0.15, 0.2) is 11.0 Å². The molecule has 0 aliphatic carbocycles. The second-order valence-electron chi connectivity index (χ2n) is 5.05. The number of nitrogens with zero attached hydrogens (tertiary/aromatic N) is 2. The molecule has 1 aromatic carbocycles. The molecule has 8 heteroatoms. The Labute approximate surface area is 117 Å². The Kier molecular flexibility index (Phi) is 3.57. The number of benzene rings is 1. The quantitative estimate of drug-likeness (QED) is 0.660. The lowest BCUT2D eigenvalue weighted by atomic mass is 10.1. The van der Waals surface area contributed by atoms with E-state index in [1.165, 1.54) is 13.0 Å². The molecule has 0 bridgehead atoms. The lowest BCUT2D eigenvalue weighted by Gasteiger charge is -2.35. The molecular weight excluding hydrogens is 284 g/mol. The number of aliphatic hydroxyl groups is 1. The number of nitro groups is 1. The molecule has 1 fully saturated rings. The van der Waals surface area contributed by atoms with Crippen molar-refractivity contribution in [2.24, 2.45) is 0 Å². The van der Waals surface area contributed by atoms with Gasteiger partial charge in [-0.1, -0.05) is 0 Å². The molecule has 0 radical (unpaired) electrons. The average Bonchev–Trinajstić information content (AvgIpc) is 2.22. The highest BCUT2D eigenvalue weighted by Crippen LogP contribution is 2.34. The summed E-state index contributed by atoms with van der Waals surface area (Å²) < 4.78 is 26.1. The Hall–Kier alpha value is -1.51. The van der Waals surface area contributed by atoms with Crippen molar-refractivity contribution in [2.75, 3.05) is 13.1 Å². The topological polar surface area (TPSA) is 101 Å². The Morgan fingerprint density at radius 1 is 1.30 bits per heavy atom. The highest BCUT2D eigenvalue weighted by Gasteiger charge is 2.38. The van der Waals surface area contributed by atoms with Crippen LogP contribution in [-0.2, 0) is 10.0 Å². The highest BCUT2D eigenvalue weighted by atomic mass is 32.2. The molecule has 1 aliphatic heterocycles. The summed E-state index contributed by atoms with van der Waals surface area (Å²) >= 11 is 0. The normalized spacial score (nSPS) is 17.0. The molecule has 20 heavy (non-hydrogen) atoms. The maximum atomic E-state index is 12.5. The maximum Gasteiger partial charge on any atom is 0.276 e. The molecule has 1 N–H and O–H groups in total. The third-order valence-electron chi connectivity index (χ3n) is 3.47. The number of nitro benzene ring substituents is 1. The molecule has 110 valence electrons. The van der Waals surface area contributed by atoms with Gasteiger partial charge in [-0.05, 0) is 32.4 Å². The molecule has 0 saturated carbocycles. The molecule has 0 amide bonds. The average molecular weight is 300 g/mol. The van der Waals surface area contributed by atoms with Crippen LogP contribution in [0.3, 0.4) is 0 Å². The van der Waals surface area contributed by atoms with E-state index in [-0.39, 0.29) is 29.2 Å². The van der Waals surface area contributed by atoms with Crippen molar-refractivity contribution in [3.8, 4) is 0 Å². The summed E-state index contributed by atoms with van der Waals surface area (Å²) in [6.07, 6.45) is -0.661. The first-order chi connectivity index (χ1) is 9.16. The lowest BCUT2D eigenvalue weighted by Crippen LogP contribution is -2.53. The van der Waals surface area contributed by atoms with Crippen LogP contribution in [0.1, 0.15) is 16.7 Å². The first-order valence-electron chi connectivity index (χ1n) is 6.09. The van der Waals surface area contributed by atoms with E-state index < -0.39 is 21.1 Å². The molecule has 1 aliphatic rings. The number of sulfonamides is 1. The van der Waals surface area contributed by atoms with Gasteiger partial charge in [0.15, 0.2) is 0 Å². The number of hydrogen-bond acceptors (Lipinski definition) is 5. The van der Waals surface area contributed by atoms with Crippen molar-refractivity contribution in [1.82, 2.24) is 4.31 Å². The van der Waals surface area contributed by atoms with Crippen LogP contribution in [0.25, 0.3) is 0 Å². The Morgan fingerprint density at radius 3 is 2.30 bits per heavy atom. The van der Waals surface area contributed by atoms with Gasteiger partial charge in [0.2, 0.25) is 10.0 Å². The Morgan fingerprint density at radius 2 is 1.85 bits per heavy atom. The number of aryl methyl sites for hydroxylation is 2. The van der Waals surface area contributed by atoms with Crippen LogP contribution in [0.2, 0.25) is 0 Å². The zero-order chi connectivity index (χ0) is 15.2. The summed E-state index contributed by atoms with van der Waals surface area (Å²) in [4.78, 5) is 10.5. The van der Waals surface area contributed by atoms with Crippen molar-refractivity contribution in [3.05, 3.63) is 32.9 Å². The molecule has 0 aromatic heterocycles. The molecular formula is C12H16N2O5S. The van der Waals surface area contributed by atoms with Gasteiger partial charge in [0.1, 0.15) is 0 Å². The van der Waals surface area contributed by atoms with Gasteiger partial charge in [-0.15, -0.1) is 0 Å². The Bertz CT molecular complexity index is 678. The molecule has 0 atom stereocenters. The molecule has 0 spiro atoms. The van der Waals surface area contributed by atoms with Crippen molar-refractivity contribution in [1.29, 1.82) is 0 Å². The van der Waals surface area contributed by atoms with Gasteiger partial charge in [0, 0.05) is 24.2 Å². The summed E-state index contributed by atoms with van der Waals surface area (Å²) in [6.45, 7) is 4.71. The van der Waals surface area contributed by atoms with E-state index in [1.54, 1.807) is 13.8 Å². The number of aliphatic hydroxyl groups excluding tert-OH is 1. The predicted octanol–water partition coefficient (Wildman–Crippen LogP) is 0.885. The van der Waals surface area contributed by atoms with Crippen LogP contribution >= 0.6 is 0 Å². The number of β-amino-alcohol motifs (C(OH)–C–C–N with tert-alkyl or cyclic N) is 1. The fraction of sp³-hybridized carbons (Fsp3) is 0.500. The van der Waals surface area contributed by atoms with Crippen LogP contribution < -0.4 is 0 Å². The van der Waals surface area contributed by atoms with Gasteiger partial charge in [-0.2, -0.15) is 4.31 Å². The zero-order valence-corrected chi connectivity index (χ0v) is 12.3. The van der Waals surface area contributed by atoms with Gasteiger partial charge >= 0.3 is 0 Å². The second kappa shape index (κ2) is 4.80. The molecule has 0 unspecified atom stereocenters. The molecule has 1 heterocycles.